The lowest BCUT2D eigenvalue weighted by Crippen LogP contribution is -2.30. The predicted molar refractivity (Wildman–Crippen MR) is 67.7 cm³/mol. The molecule has 0 spiro atoms. The molecule has 0 atom stereocenters. The van der Waals surface area contributed by atoms with Crippen LogP contribution in [0.15, 0.2) is 30.3 Å². The summed E-state index contributed by atoms with van der Waals surface area (Å²) in [6, 6.07) is 6.92. The van der Waals surface area contributed by atoms with Crippen molar-refractivity contribution in [2.45, 2.75) is 12.8 Å². The highest BCUT2D eigenvalue weighted by Gasteiger charge is 2.24. The van der Waals surface area contributed by atoms with E-state index in [1.165, 1.54) is 11.0 Å². The van der Waals surface area contributed by atoms with E-state index in [-0.39, 0.29) is 11.8 Å². The number of imide groups is 1. The molecule has 2 amide bonds. The Morgan fingerprint density at radius 1 is 1.33 bits per heavy atom. The molecule has 0 N–H and O–H groups in total. The van der Waals surface area contributed by atoms with Crippen molar-refractivity contribution in [3.8, 4) is 0 Å². The summed E-state index contributed by atoms with van der Waals surface area (Å²) in [6.45, 7) is 7.34. The van der Waals surface area contributed by atoms with Crippen molar-refractivity contribution in [1.29, 1.82) is 0 Å². The van der Waals surface area contributed by atoms with E-state index >= 15 is 0 Å². The van der Waals surface area contributed by atoms with Gasteiger partial charge in [0.15, 0.2) is 5.69 Å². The number of nitrogens with zero attached hydrogens (tertiary/aromatic N) is 2. The van der Waals surface area contributed by atoms with Crippen LogP contribution in [0.2, 0.25) is 0 Å². The molecule has 1 aliphatic heterocycles. The lowest BCUT2D eigenvalue weighted by Gasteiger charge is -2.09. The molecule has 1 fully saturated rings. The van der Waals surface area contributed by atoms with Crippen LogP contribution in [0.4, 0.5) is 5.69 Å². The van der Waals surface area contributed by atoms with Crippen LogP contribution in [0, 0.1) is 6.57 Å². The number of hydrogen-bond acceptors (Lipinski definition) is 2. The van der Waals surface area contributed by atoms with Crippen molar-refractivity contribution in [1.82, 2.24) is 4.90 Å². The van der Waals surface area contributed by atoms with E-state index in [9.17, 15) is 9.59 Å². The largest absolute Gasteiger partial charge is 0.279 e. The van der Waals surface area contributed by atoms with Crippen LogP contribution in [0.3, 0.4) is 0 Å². The summed E-state index contributed by atoms with van der Waals surface area (Å²) in [5.74, 6) is -0.375. The number of hydrogen-bond donors (Lipinski definition) is 0. The molecule has 0 aliphatic carbocycles. The molecule has 4 nitrogen and oxygen atoms in total. The average Bonchev–Trinajstić information content (AvgIpc) is 2.83. The van der Waals surface area contributed by atoms with Gasteiger partial charge in [0.1, 0.15) is 0 Å². The van der Waals surface area contributed by atoms with Gasteiger partial charge in [-0.25, -0.2) is 4.85 Å². The van der Waals surface area contributed by atoms with Crippen molar-refractivity contribution in [3.63, 3.8) is 0 Å². The van der Waals surface area contributed by atoms with Gasteiger partial charge in [0, 0.05) is 19.0 Å². The molecule has 0 bridgehead atoms. The molecule has 1 heterocycles. The highest BCUT2D eigenvalue weighted by molar-refractivity contribution is 6.03. The van der Waals surface area contributed by atoms with E-state index in [4.69, 9.17) is 6.57 Å². The van der Waals surface area contributed by atoms with Gasteiger partial charge in [-0.05, 0) is 18.1 Å². The van der Waals surface area contributed by atoms with E-state index in [1.54, 1.807) is 30.3 Å². The van der Waals surface area contributed by atoms with Gasteiger partial charge >= 0.3 is 0 Å². The zero-order valence-corrected chi connectivity index (χ0v) is 9.80. The molecule has 0 aromatic heterocycles. The third kappa shape index (κ3) is 2.64. The van der Waals surface area contributed by atoms with Gasteiger partial charge in [-0.1, -0.05) is 24.3 Å². The fourth-order valence-corrected chi connectivity index (χ4v) is 1.80. The third-order valence-corrected chi connectivity index (χ3v) is 2.78. The zero-order chi connectivity index (χ0) is 13.0. The van der Waals surface area contributed by atoms with Gasteiger partial charge in [-0.3, -0.25) is 14.5 Å². The summed E-state index contributed by atoms with van der Waals surface area (Å²) in [5.41, 5.74) is 1.40. The second kappa shape index (κ2) is 5.28. The SMILES string of the molecule is [C-]#[N+]c1ccc(/C=C/C(=O)N2CCCC2=O)cc1. The molecule has 18 heavy (non-hydrogen) atoms. The van der Waals surface area contributed by atoms with Crippen molar-refractivity contribution in [2.75, 3.05) is 6.54 Å². The van der Waals surface area contributed by atoms with Crippen LogP contribution in [0.25, 0.3) is 10.9 Å². The molecule has 1 aromatic rings. The van der Waals surface area contributed by atoms with Crippen molar-refractivity contribution >= 4 is 23.6 Å². The van der Waals surface area contributed by atoms with Gasteiger partial charge in [-0.2, -0.15) is 0 Å². The summed E-state index contributed by atoms with van der Waals surface area (Å²) in [5, 5.41) is 0. The lowest BCUT2D eigenvalue weighted by molar-refractivity contribution is -0.138. The molecule has 0 unspecified atom stereocenters. The van der Waals surface area contributed by atoms with E-state index in [2.05, 4.69) is 4.85 Å². The maximum absolute atomic E-state index is 11.7. The van der Waals surface area contributed by atoms with Crippen LogP contribution >= 0.6 is 0 Å². The van der Waals surface area contributed by atoms with Gasteiger partial charge in [0.05, 0.1) is 6.57 Å². The van der Waals surface area contributed by atoms with E-state index in [0.717, 1.165) is 12.0 Å². The predicted octanol–water partition coefficient (Wildman–Crippen LogP) is 2.40. The lowest BCUT2D eigenvalue weighted by atomic mass is 10.2. The second-order valence-electron chi connectivity index (χ2n) is 4.02. The number of rotatable bonds is 2. The summed E-state index contributed by atoms with van der Waals surface area (Å²) in [6.07, 6.45) is 4.26. The first-order chi connectivity index (χ1) is 8.70. The summed E-state index contributed by atoms with van der Waals surface area (Å²) in [7, 11) is 0. The average molecular weight is 240 g/mol. The maximum atomic E-state index is 11.7. The first-order valence-electron chi connectivity index (χ1n) is 5.70. The molecule has 1 aliphatic rings. The van der Waals surface area contributed by atoms with E-state index in [1.807, 2.05) is 0 Å². The van der Waals surface area contributed by atoms with Crippen LogP contribution in [-0.2, 0) is 9.59 Å². The Hall–Kier alpha value is -2.41. The minimum atomic E-state index is -0.272. The number of amides is 2. The topological polar surface area (TPSA) is 41.7 Å². The highest BCUT2D eigenvalue weighted by Crippen LogP contribution is 2.14. The monoisotopic (exact) mass is 240 g/mol. The van der Waals surface area contributed by atoms with Crippen LogP contribution in [0.5, 0.6) is 0 Å². The first-order valence-corrected chi connectivity index (χ1v) is 5.70. The minimum Gasteiger partial charge on any atom is -0.279 e. The molecular formula is C14H12N2O2. The molecule has 2 rings (SSSR count). The zero-order valence-electron chi connectivity index (χ0n) is 9.80. The van der Waals surface area contributed by atoms with Crippen LogP contribution in [-0.4, -0.2) is 23.3 Å². The van der Waals surface area contributed by atoms with E-state index in [0.29, 0.717) is 18.7 Å². The smallest absolute Gasteiger partial charge is 0.253 e. The maximum Gasteiger partial charge on any atom is 0.253 e. The number of carbonyl (C=O) groups is 2. The van der Waals surface area contributed by atoms with Gasteiger partial charge in [0.25, 0.3) is 5.91 Å². The molecule has 4 heteroatoms. The second-order valence-corrected chi connectivity index (χ2v) is 4.02. The Bertz CT molecular complexity index is 538. The molecule has 90 valence electrons. The van der Waals surface area contributed by atoms with Gasteiger partial charge in [0.2, 0.25) is 5.91 Å². The Labute approximate surface area is 105 Å². The fourth-order valence-electron chi connectivity index (χ4n) is 1.80. The molecule has 1 saturated heterocycles. The minimum absolute atomic E-state index is 0.104. The van der Waals surface area contributed by atoms with Crippen LogP contribution in [0.1, 0.15) is 18.4 Å². The Kier molecular flexibility index (Phi) is 3.54. The van der Waals surface area contributed by atoms with Gasteiger partial charge < -0.3 is 0 Å². The van der Waals surface area contributed by atoms with Gasteiger partial charge in [-0.15, -0.1) is 0 Å². The van der Waals surface area contributed by atoms with Crippen LogP contribution < -0.4 is 0 Å². The summed E-state index contributed by atoms with van der Waals surface area (Å²) < 4.78 is 0. The Morgan fingerprint density at radius 3 is 2.61 bits per heavy atom. The van der Waals surface area contributed by atoms with E-state index < -0.39 is 0 Å². The highest BCUT2D eigenvalue weighted by atomic mass is 16.2. The van der Waals surface area contributed by atoms with Crippen molar-refractivity contribution in [2.24, 2.45) is 0 Å². The number of likely N-dealkylation sites (tertiary alicyclic amines) is 1. The first kappa shape index (κ1) is 12.1. The fraction of sp³-hybridized carbons (Fsp3) is 0.214. The number of carbonyl (C=O) groups excluding carboxylic acids is 2. The van der Waals surface area contributed by atoms with Crippen molar-refractivity contribution in [3.05, 3.63) is 47.3 Å². The quantitative estimate of drug-likeness (QED) is 0.588. The summed E-state index contributed by atoms with van der Waals surface area (Å²) >= 11 is 0. The standard InChI is InChI=1S/C14H12N2O2/c1-15-12-7-4-11(5-8-12)6-9-14(18)16-10-2-3-13(16)17/h4-9H,2-3,10H2/b9-6+. The summed E-state index contributed by atoms with van der Waals surface area (Å²) in [4.78, 5) is 27.6. The normalized spacial score (nSPS) is 15.1. The molecular weight excluding hydrogens is 228 g/mol. The number of benzene rings is 1. The Balaban J connectivity index is 2.04. The third-order valence-electron chi connectivity index (χ3n) is 2.78. The molecule has 1 aromatic carbocycles. The molecule has 0 radical (unpaired) electrons. The molecule has 0 saturated carbocycles. The Morgan fingerprint density at radius 2 is 2.06 bits per heavy atom. The van der Waals surface area contributed by atoms with Crippen molar-refractivity contribution < 1.29 is 9.59 Å².